The summed E-state index contributed by atoms with van der Waals surface area (Å²) < 4.78 is 0. The lowest BCUT2D eigenvalue weighted by molar-refractivity contribution is 0.237. The summed E-state index contributed by atoms with van der Waals surface area (Å²) in [5.74, 6) is 0. The Morgan fingerprint density at radius 3 is 0.958 bits per heavy atom. The first-order valence-electron chi connectivity index (χ1n) is 16.4. The molecule has 6 N–H and O–H groups in total. The van der Waals surface area contributed by atoms with Gasteiger partial charge in [-0.2, -0.15) is 0 Å². The number of unbranched alkanes of at least 4 members (excludes halogenated alkanes) is 1. The number of rotatable bonds is 19. The van der Waals surface area contributed by atoms with E-state index in [0.717, 1.165) is 74.1 Å². The number of amides is 4. The van der Waals surface area contributed by atoms with Crippen molar-refractivity contribution in [2.45, 2.75) is 37.8 Å². The first-order valence-corrected chi connectivity index (χ1v) is 16.4. The molecule has 0 fully saturated rings. The van der Waals surface area contributed by atoms with Gasteiger partial charge < -0.3 is 31.9 Å². The van der Waals surface area contributed by atoms with Crippen LogP contribution in [-0.4, -0.2) is 51.3 Å². The molecule has 0 aliphatic carbocycles. The van der Waals surface area contributed by atoms with Crippen molar-refractivity contribution in [1.29, 1.82) is 0 Å². The molecule has 0 atom stereocenters. The Morgan fingerprint density at radius 1 is 0.396 bits per heavy atom. The van der Waals surface area contributed by atoms with Crippen LogP contribution in [-0.2, 0) is 0 Å². The predicted octanol–water partition coefficient (Wildman–Crippen LogP) is 6.75. The lowest BCUT2D eigenvalue weighted by Crippen LogP contribution is -2.39. The topological polar surface area (TPSA) is 106 Å². The molecule has 0 aliphatic heterocycles. The summed E-state index contributed by atoms with van der Waals surface area (Å²) in [6.07, 6.45) is 3.89. The average Bonchev–Trinajstić information content (AvgIpc) is 3.11. The highest BCUT2D eigenvalue weighted by molar-refractivity contribution is 5.85. The summed E-state index contributed by atoms with van der Waals surface area (Å²) >= 11 is 0. The largest absolute Gasteiger partial charge is 0.338 e. The number of benzene rings is 4. The van der Waals surface area contributed by atoms with E-state index in [1.807, 2.05) is 121 Å². The van der Waals surface area contributed by atoms with E-state index in [0.29, 0.717) is 13.1 Å². The molecule has 4 aromatic carbocycles. The van der Waals surface area contributed by atoms with Crippen LogP contribution in [0.3, 0.4) is 0 Å². The van der Waals surface area contributed by atoms with Crippen LogP contribution in [0.1, 0.15) is 60.0 Å². The Bertz CT molecular complexity index is 1210. The van der Waals surface area contributed by atoms with E-state index in [2.05, 4.69) is 31.9 Å². The quantitative estimate of drug-likeness (QED) is 0.0612. The van der Waals surface area contributed by atoms with Gasteiger partial charge in [-0.25, -0.2) is 9.59 Å². The van der Waals surface area contributed by atoms with Crippen LogP contribution >= 0.6 is 24.8 Å². The summed E-state index contributed by atoms with van der Waals surface area (Å²) in [7, 11) is 0. The van der Waals surface area contributed by atoms with E-state index in [9.17, 15) is 9.59 Å². The third-order valence-corrected chi connectivity index (χ3v) is 7.67. The van der Waals surface area contributed by atoms with Gasteiger partial charge in [0.1, 0.15) is 0 Å². The van der Waals surface area contributed by atoms with Crippen molar-refractivity contribution < 1.29 is 9.59 Å². The molecule has 0 radical (unpaired) electrons. The van der Waals surface area contributed by atoms with Crippen molar-refractivity contribution in [3.63, 3.8) is 0 Å². The van der Waals surface area contributed by atoms with Gasteiger partial charge >= 0.3 is 12.1 Å². The number of carbonyl (C=O) groups excluding carboxylic acids is 2. The van der Waals surface area contributed by atoms with E-state index in [-0.39, 0.29) is 49.0 Å². The molecular formula is C38H50Cl2N6O2. The monoisotopic (exact) mass is 692 g/mol. The molecule has 0 aliphatic rings. The van der Waals surface area contributed by atoms with Crippen molar-refractivity contribution in [3.05, 3.63) is 144 Å². The number of nitrogens with one attached hydrogen (secondary N) is 6. The molecule has 0 bridgehead atoms. The number of hydrogen-bond acceptors (Lipinski definition) is 4. The van der Waals surface area contributed by atoms with Crippen molar-refractivity contribution in [1.82, 2.24) is 31.9 Å². The SMILES string of the molecule is Cl.Cl.O=C(NCCCNCCCCNCCCNC(=O)NC(c1ccccc1)c1ccccc1)NC(c1ccccc1)c1ccccc1. The minimum Gasteiger partial charge on any atom is -0.338 e. The molecule has 0 aromatic heterocycles. The Labute approximate surface area is 298 Å². The van der Waals surface area contributed by atoms with Crippen molar-refractivity contribution >= 4 is 36.9 Å². The van der Waals surface area contributed by atoms with Crippen LogP contribution in [0.25, 0.3) is 0 Å². The summed E-state index contributed by atoms with van der Waals surface area (Å²) in [5, 5.41) is 19.1. The Hall–Kier alpha value is -4.08. The van der Waals surface area contributed by atoms with E-state index in [1.54, 1.807) is 0 Å². The molecule has 4 amide bonds. The molecule has 8 nitrogen and oxygen atoms in total. The fraction of sp³-hybridized carbons (Fsp3) is 0.316. The molecule has 258 valence electrons. The number of halogens is 2. The second kappa shape index (κ2) is 24.1. The van der Waals surface area contributed by atoms with E-state index < -0.39 is 0 Å². The normalized spacial score (nSPS) is 10.5. The molecule has 4 rings (SSSR count). The zero-order valence-electron chi connectivity index (χ0n) is 27.4. The van der Waals surface area contributed by atoms with Crippen LogP contribution < -0.4 is 31.9 Å². The molecule has 0 spiro atoms. The van der Waals surface area contributed by atoms with Gasteiger partial charge in [-0.1, -0.05) is 121 Å². The molecule has 0 unspecified atom stereocenters. The molecule has 0 saturated carbocycles. The van der Waals surface area contributed by atoms with Crippen LogP contribution in [0.4, 0.5) is 9.59 Å². The van der Waals surface area contributed by atoms with Gasteiger partial charge in [-0.05, 0) is 74.1 Å². The highest BCUT2D eigenvalue weighted by Gasteiger charge is 2.17. The first-order chi connectivity index (χ1) is 22.7. The summed E-state index contributed by atoms with van der Waals surface area (Å²) in [4.78, 5) is 25.2. The van der Waals surface area contributed by atoms with Gasteiger partial charge in [0.25, 0.3) is 0 Å². The van der Waals surface area contributed by atoms with Crippen molar-refractivity contribution in [2.75, 3.05) is 39.3 Å². The summed E-state index contributed by atoms with van der Waals surface area (Å²) in [6.45, 7) is 4.84. The minimum atomic E-state index is -0.192. The van der Waals surface area contributed by atoms with Crippen LogP contribution in [0.15, 0.2) is 121 Å². The number of hydrogen-bond donors (Lipinski definition) is 6. The van der Waals surface area contributed by atoms with Crippen LogP contribution in [0.5, 0.6) is 0 Å². The Kier molecular flexibility index (Phi) is 20.1. The lowest BCUT2D eigenvalue weighted by atomic mass is 9.99. The highest BCUT2D eigenvalue weighted by Crippen LogP contribution is 2.22. The Balaban J connectivity index is 0.00000400. The van der Waals surface area contributed by atoms with Crippen molar-refractivity contribution in [3.8, 4) is 0 Å². The van der Waals surface area contributed by atoms with E-state index >= 15 is 0 Å². The van der Waals surface area contributed by atoms with Crippen LogP contribution in [0, 0.1) is 0 Å². The lowest BCUT2D eigenvalue weighted by Gasteiger charge is -2.20. The smallest absolute Gasteiger partial charge is 0.315 e. The molecule has 10 heteroatoms. The van der Waals surface area contributed by atoms with Gasteiger partial charge in [-0.3, -0.25) is 0 Å². The van der Waals surface area contributed by atoms with E-state index in [4.69, 9.17) is 0 Å². The standard InChI is InChI=1S/C38H48N6O2.2ClH/c45-37(43-35(31-17-5-1-6-18-31)32-19-7-2-8-20-32)41-29-15-27-39-25-13-14-26-40-28-16-30-42-38(46)44-36(33-21-9-3-10-22-33)34-23-11-4-12-24-34;;/h1-12,17-24,35-36,39-40H,13-16,25-30H2,(H2,41,43,45)(H2,42,44,46);2*1H. The van der Waals surface area contributed by atoms with Gasteiger partial charge in [0, 0.05) is 13.1 Å². The fourth-order valence-electron chi connectivity index (χ4n) is 5.25. The average molecular weight is 694 g/mol. The fourth-order valence-corrected chi connectivity index (χ4v) is 5.25. The maximum Gasteiger partial charge on any atom is 0.315 e. The first kappa shape index (κ1) is 40.1. The number of urea groups is 2. The molecular weight excluding hydrogens is 643 g/mol. The van der Waals surface area contributed by atoms with Gasteiger partial charge in [0.15, 0.2) is 0 Å². The second-order valence-corrected chi connectivity index (χ2v) is 11.2. The predicted molar refractivity (Wildman–Crippen MR) is 201 cm³/mol. The van der Waals surface area contributed by atoms with E-state index in [1.165, 1.54) is 0 Å². The van der Waals surface area contributed by atoms with Crippen molar-refractivity contribution in [2.24, 2.45) is 0 Å². The van der Waals surface area contributed by atoms with Crippen LogP contribution in [0.2, 0.25) is 0 Å². The van der Waals surface area contributed by atoms with Gasteiger partial charge in [0.05, 0.1) is 12.1 Å². The maximum absolute atomic E-state index is 12.6. The second-order valence-electron chi connectivity index (χ2n) is 11.2. The Morgan fingerprint density at radius 2 is 0.667 bits per heavy atom. The number of carbonyl (C=O) groups is 2. The molecule has 0 heterocycles. The zero-order chi connectivity index (χ0) is 32.1. The highest BCUT2D eigenvalue weighted by atomic mass is 35.5. The molecule has 4 aromatic rings. The summed E-state index contributed by atoms with van der Waals surface area (Å²) in [6, 6.07) is 39.4. The van der Waals surface area contributed by atoms with Gasteiger partial charge in [-0.15, -0.1) is 24.8 Å². The van der Waals surface area contributed by atoms with Gasteiger partial charge in [0.2, 0.25) is 0 Å². The third kappa shape index (κ3) is 14.8. The minimum absolute atomic E-state index is 0. The maximum atomic E-state index is 12.6. The molecule has 48 heavy (non-hydrogen) atoms. The zero-order valence-corrected chi connectivity index (χ0v) is 29.0. The summed E-state index contributed by atoms with van der Waals surface area (Å²) in [5.41, 5.74) is 4.21. The third-order valence-electron chi connectivity index (χ3n) is 7.67. The molecule has 0 saturated heterocycles.